The molecule has 0 saturated carbocycles. The van der Waals surface area contributed by atoms with Gasteiger partial charge in [0.25, 0.3) is 11.8 Å². The molecular weight excluding hydrogens is 570 g/mol. The second-order valence-electron chi connectivity index (χ2n) is 10.5. The monoisotopic (exact) mass is 589 g/mol. The first-order valence-electron chi connectivity index (χ1n) is 13.3. The first-order chi connectivity index (χ1) is 20.4. The van der Waals surface area contributed by atoms with Gasteiger partial charge >= 0.3 is 0 Å². The van der Waals surface area contributed by atoms with Crippen LogP contribution in [0, 0.1) is 6.92 Å². The molecule has 6 aromatic rings. The molecule has 42 heavy (non-hydrogen) atoms. The van der Waals surface area contributed by atoms with E-state index in [2.05, 4.69) is 0 Å². The fourth-order valence-electron chi connectivity index (χ4n) is 6.12. The molecule has 2 amide bonds. The summed E-state index contributed by atoms with van der Waals surface area (Å²) >= 11 is 7.50. The predicted molar refractivity (Wildman–Crippen MR) is 164 cm³/mol. The Labute approximate surface area is 248 Å². The summed E-state index contributed by atoms with van der Waals surface area (Å²) in [5.74, 6) is -1.18. The van der Waals surface area contributed by atoms with Gasteiger partial charge in [-0.25, -0.2) is 4.98 Å². The van der Waals surface area contributed by atoms with Crippen LogP contribution in [0.25, 0.3) is 21.2 Å². The number of amides is 2. The minimum absolute atomic E-state index is 0.00680. The van der Waals surface area contributed by atoms with Crippen molar-refractivity contribution in [3.8, 4) is 0 Å². The molecule has 1 atom stereocenters. The van der Waals surface area contributed by atoms with Gasteiger partial charge in [0, 0.05) is 10.6 Å². The molecule has 2 aromatic heterocycles. The van der Waals surface area contributed by atoms with Gasteiger partial charge in [-0.1, -0.05) is 83.1 Å². The maximum atomic E-state index is 15.0. The number of benzene rings is 4. The van der Waals surface area contributed by atoms with E-state index in [-0.39, 0.29) is 28.6 Å². The van der Waals surface area contributed by atoms with Gasteiger partial charge in [-0.3, -0.25) is 19.3 Å². The highest BCUT2D eigenvalue weighted by Crippen LogP contribution is 2.55. The van der Waals surface area contributed by atoms with E-state index in [0.29, 0.717) is 27.2 Å². The third kappa shape index (κ3) is 3.27. The maximum Gasteiger partial charge on any atom is 0.297 e. The highest BCUT2D eigenvalue weighted by Gasteiger charge is 2.66. The number of carbonyl (C=O) groups is 2. The highest BCUT2D eigenvalue weighted by atomic mass is 35.5. The van der Waals surface area contributed by atoms with Crippen LogP contribution in [0.4, 0.5) is 10.8 Å². The van der Waals surface area contributed by atoms with Crippen molar-refractivity contribution in [1.82, 2.24) is 4.98 Å². The number of para-hydroxylation sites is 2. The van der Waals surface area contributed by atoms with Crippen LogP contribution in [0.5, 0.6) is 0 Å². The molecule has 0 N–H and O–H groups in total. The Morgan fingerprint density at radius 2 is 1.69 bits per heavy atom. The molecular formula is C33H20ClN3O4S. The molecule has 2 aliphatic heterocycles. The Kier molecular flexibility index (Phi) is 5.26. The fraction of sp³-hybridized carbons (Fsp3) is 0.0909. The average Bonchev–Trinajstić information content (AvgIpc) is 3.60. The zero-order valence-corrected chi connectivity index (χ0v) is 23.7. The summed E-state index contributed by atoms with van der Waals surface area (Å²) in [6.45, 7) is 2.26. The van der Waals surface area contributed by atoms with Crippen LogP contribution >= 0.6 is 22.9 Å². The van der Waals surface area contributed by atoms with Crippen molar-refractivity contribution < 1.29 is 14.0 Å². The third-order valence-electron chi connectivity index (χ3n) is 8.02. The van der Waals surface area contributed by atoms with Crippen LogP contribution < -0.4 is 15.2 Å². The number of aromatic nitrogens is 1. The normalized spacial score (nSPS) is 17.6. The van der Waals surface area contributed by atoms with Crippen molar-refractivity contribution in [1.29, 1.82) is 0 Å². The quantitative estimate of drug-likeness (QED) is 0.226. The topological polar surface area (TPSA) is 83.7 Å². The van der Waals surface area contributed by atoms with E-state index < -0.39 is 22.8 Å². The molecule has 2 aliphatic rings. The highest BCUT2D eigenvalue weighted by molar-refractivity contribution is 7.22. The summed E-state index contributed by atoms with van der Waals surface area (Å²) in [5.41, 5.74) is 1.83. The Morgan fingerprint density at radius 3 is 2.52 bits per heavy atom. The summed E-state index contributed by atoms with van der Waals surface area (Å²) in [6.07, 6.45) is 0. The van der Waals surface area contributed by atoms with Crippen molar-refractivity contribution in [3.63, 3.8) is 0 Å². The molecule has 1 spiro atoms. The van der Waals surface area contributed by atoms with Crippen LogP contribution in [-0.4, -0.2) is 16.8 Å². The lowest BCUT2D eigenvalue weighted by molar-refractivity contribution is -0.121. The Hall–Kier alpha value is -4.79. The smallest absolute Gasteiger partial charge is 0.297 e. The Morgan fingerprint density at radius 1 is 0.929 bits per heavy atom. The first-order valence-corrected chi connectivity index (χ1v) is 14.5. The van der Waals surface area contributed by atoms with Gasteiger partial charge in [0.05, 0.1) is 33.4 Å². The van der Waals surface area contributed by atoms with Gasteiger partial charge in [0.15, 0.2) is 16.1 Å². The predicted octanol–water partition coefficient (Wildman–Crippen LogP) is 6.82. The lowest BCUT2D eigenvalue weighted by Gasteiger charge is -2.32. The van der Waals surface area contributed by atoms with E-state index in [1.807, 2.05) is 49.4 Å². The zero-order chi connectivity index (χ0) is 28.7. The number of anilines is 2. The number of hydrogen-bond acceptors (Lipinski definition) is 6. The van der Waals surface area contributed by atoms with Crippen molar-refractivity contribution in [2.75, 3.05) is 9.80 Å². The van der Waals surface area contributed by atoms with Crippen molar-refractivity contribution in [2.45, 2.75) is 19.0 Å². The fourth-order valence-corrected chi connectivity index (χ4v) is 7.42. The van der Waals surface area contributed by atoms with Crippen LogP contribution in [0.2, 0.25) is 5.02 Å². The summed E-state index contributed by atoms with van der Waals surface area (Å²) in [5, 5.41) is 1.09. The van der Waals surface area contributed by atoms with Crippen molar-refractivity contribution in [2.24, 2.45) is 0 Å². The largest absolute Gasteiger partial charge is 0.450 e. The van der Waals surface area contributed by atoms with Crippen LogP contribution in [0.3, 0.4) is 0 Å². The third-order valence-corrected chi connectivity index (χ3v) is 9.26. The van der Waals surface area contributed by atoms with Gasteiger partial charge in [0.1, 0.15) is 5.58 Å². The maximum absolute atomic E-state index is 15.0. The molecule has 7 nitrogen and oxygen atoms in total. The number of aryl methyl sites for hydroxylation is 1. The second kappa shape index (κ2) is 8.85. The van der Waals surface area contributed by atoms with Gasteiger partial charge in [-0.15, -0.1) is 0 Å². The zero-order valence-electron chi connectivity index (χ0n) is 22.1. The molecule has 9 heteroatoms. The lowest BCUT2D eigenvalue weighted by Crippen LogP contribution is -2.53. The van der Waals surface area contributed by atoms with Crippen molar-refractivity contribution >= 4 is 66.8 Å². The molecule has 0 bridgehead atoms. The molecule has 0 saturated heterocycles. The summed E-state index contributed by atoms with van der Waals surface area (Å²) in [6, 6.07) is 27.3. The number of thiazole rings is 1. The molecule has 1 unspecified atom stereocenters. The number of halogens is 1. The van der Waals surface area contributed by atoms with E-state index in [9.17, 15) is 9.59 Å². The summed E-state index contributed by atoms with van der Waals surface area (Å²) in [4.78, 5) is 51.5. The van der Waals surface area contributed by atoms with E-state index in [4.69, 9.17) is 21.0 Å². The van der Waals surface area contributed by atoms with Crippen LogP contribution in [0.1, 0.15) is 32.8 Å². The number of fused-ring (bicyclic) bond motifs is 6. The van der Waals surface area contributed by atoms with Gasteiger partial charge in [-0.2, -0.15) is 0 Å². The van der Waals surface area contributed by atoms with Gasteiger partial charge in [-0.05, 0) is 48.9 Å². The molecule has 0 fully saturated rings. The molecule has 0 aliphatic carbocycles. The number of nitrogens with zero attached hydrogens (tertiary/aromatic N) is 3. The molecule has 8 rings (SSSR count). The SMILES string of the molecule is Cc1ccc(CN2C(=O)C3(c4ccccc42)c2c(oc4ccccc4c2=O)C(=O)N3c2nc3ccc(Cl)cc3s2)cc1. The minimum atomic E-state index is -1.81. The van der Waals surface area contributed by atoms with Crippen LogP contribution in [-0.2, 0) is 16.9 Å². The first kappa shape index (κ1) is 25.0. The number of hydrogen-bond donors (Lipinski definition) is 0. The Balaban J connectivity index is 1.44. The average molecular weight is 590 g/mol. The van der Waals surface area contributed by atoms with E-state index in [0.717, 1.165) is 15.8 Å². The van der Waals surface area contributed by atoms with Gasteiger partial charge < -0.3 is 9.32 Å². The molecule has 204 valence electrons. The molecule has 4 aromatic carbocycles. The molecule has 4 heterocycles. The lowest BCUT2D eigenvalue weighted by atomic mass is 9.84. The van der Waals surface area contributed by atoms with E-state index >= 15 is 4.79 Å². The number of carbonyl (C=O) groups excluding carboxylic acids is 2. The summed E-state index contributed by atoms with van der Waals surface area (Å²) < 4.78 is 6.90. The Bertz CT molecular complexity index is 2190. The molecule has 0 radical (unpaired) electrons. The van der Waals surface area contributed by atoms with Crippen LogP contribution in [0.15, 0.2) is 100 Å². The van der Waals surface area contributed by atoms with Gasteiger partial charge in [0.2, 0.25) is 5.76 Å². The number of rotatable bonds is 3. The van der Waals surface area contributed by atoms with E-state index in [1.54, 1.807) is 53.4 Å². The second-order valence-corrected chi connectivity index (χ2v) is 11.9. The van der Waals surface area contributed by atoms with E-state index in [1.165, 1.54) is 16.2 Å². The summed E-state index contributed by atoms with van der Waals surface area (Å²) in [7, 11) is 0. The standard InChI is InChI=1S/C33H20ClN3O4S/c1-18-10-12-19(13-11-18)17-36-24-8-4-3-7-22(24)33(31(36)40)27-28(38)21-6-2-5-9-25(21)41-29(27)30(39)37(33)32-35-23-15-14-20(34)16-26(23)42-32/h2-16H,17H2,1H3. The van der Waals surface area contributed by atoms with Crippen molar-refractivity contribution in [3.05, 3.63) is 134 Å². The minimum Gasteiger partial charge on any atom is -0.450 e.